The second-order valence-electron chi connectivity index (χ2n) is 10.4. The smallest absolute Gasteiger partial charge is 0.0465 e. The van der Waals surface area contributed by atoms with Gasteiger partial charge in [0.25, 0.3) is 0 Å². The van der Waals surface area contributed by atoms with Gasteiger partial charge in [0, 0.05) is 22.5 Å². The highest BCUT2D eigenvalue weighted by Crippen LogP contribution is 2.51. The van der Waals surface area contributed by atoms with E-state index in [1.165, 1.54) is 44.6 Å². The summed E-state index contributed by atoms with van der Waals surface area (Å²) in [6, 6.07) is 43.8. The lowest BCUT2D eigenvalue weighted by atomic mass is 9.81. The van der Waals surface area contributed by atoms with Crippen molar-refractivity contribution in [3.05, 3.63) is 149 Å². The van der Waals surface area contributed by atoms with Gasteiger partial charge in [0.05, 0.1) is 0 Å². The molecule has 0 unspecified atom stereocenters. The number of fused-ring (bicyclic) bond motifs is 3. The van der Waals surface area contributed by atoms with Crippen LogP contribution >= 0.6 is 0 Å². The third kappa shape index (κ3) is 4.27. The van der Waals surface area contributed by atoms with Crippen LogP contribution in [-0.4, -0.2) is 0 Å². The molecule has 0 spiro atoms. The van der Waals surface area contributed by atoms with Gasteiger partial charge >= 0.3 is 0 Å². The van der Waals surface area contributed by atoms with Gasteiger partial charge in [-0.25, -0.2) is 0 Å². The van der Waals surface area contributed by atoms with Crippen molar-refractivity contribution in [2.75, 3.05) is 4.90 Å². The van der Waals surface area contributed by atoms with E-state index in [4.69, 9.17) is 0 Å². The largest absolute Gasteiger partial charge is 0.310 e. The summed E-state index contributed by atoms with van der Waals surface area (Å²) >= 11 is 0. The molecule has 1 nitrogen and oxygen atoms in total. The van der Waals surface area contributed by atoms with Crippen LogP contribution in [-0.2, 0) is 5.41 Å². The second-order valence-corrected chi connectivity index (χ2v) is 10.4. The molecule has 5 aromatic rings. The summed E-state index contributed by atoms with van der Waals surface area (Å²) < 4.78 is 0. The van der Waals surface area contributed by atoms with Crippen molar-refractivity contribution in [1.82, 2.24) is 0 Å². The monoisotopic (exact) mass is 477 g/mol. The van der Waals surface area contributed by atoms with Crippen LogP contribution in [0.2, 0.25) is 0 Å². The first-order chi connectivity index (χ1) is 18.0. The van der Waals surface area contributed by atoms with Crippen molar-refractivity contribution in [2.24, 2.45) is 0 Å². The van der Waals surface area contributed by atoms with E-state index in [0.29, 0.717) is 0 Å². The molecule has 6 rings (SSSR count). The van der Waals surface area contributed by atoms with Crippen LogP contribution in [0.1, 0.15) is 41.7 Å². The van der Waals surface area contributed by atoms with Crippen LogP contribution in [0.4, 0.5) is 17.1 Å². The average Bonchev–Trinajstić information content (AvgIpc) is 3.15. The Hall–Kier alpha value is -4.36. The molecule has 0 saturated carbocycles. The molecule has 0 aliphatic heterocycles. The predicted molar refractivity (Wildman–Crippen MR) is 159 cm³/mol. The van der Waals surface area contributed by atoms with Crippen LogP contribution < -0.4 is 4.90 Å². The second kappa shape index (κ2) is 9.26. The zero-order chi connectivity index (χ0) is 25.4. The third-order valence-corrected chi connectivity index (χ3v) is 7.52. The highest BCUT2D eigenvalue weighted by atomic mass is 15.1. The summed E-state index contributed by atoms with van der Waals surface area (Å²) in [6.07, 6.45) is 4.42. The predicted octanol–water partition coefficient (Wildman–Crippen LogP) is 9.94. The van der Waals surface area contributed by atoms with E-state index < -0.39 is 0 Å². The van der Waals surface area contributed by atoms with E-state index in [2.05, 4.69) is 159 Å². The first kappa shape index (κ1) is 23.1. The number of nitrogens with zero attached hydrogens (tertiary/aromatic N) is 1. The minimum absolute atomic E-state index is 0.0898. The lowest BCUT2D eigenvalue weighted by Gasteiger charge is -2.28. The van der Waals surface area contributed by atoms with Crippen LogP contribution in [0, 0.1) is 6.92 Å². The Bertz CT molecular complexity index is 1540. The fourth-order valence-corrected chi connectivity index (χ4v) is 5.46. The van der Waals surface area contributed by atoms with Gasteiger partial charge in [-0.2, -0.15) is 0 Å². The van der Waals surface area contributed by atoms with Gasteiger partial charge < -0.3 is 4.90 Å². The van der Waals surface area contributed by atoms with E-state index in [1.54, 1.807) is 0 Å². The molecule has 0 amide bonds. The summed E-state index contributed by atoms with van der Waals surface area (Å²) in [7, 11) is 0. The number of benzene rings is 5. The minimum Gasteiger partial charge on any atom is -0.310 e. The van der Waals surface area contributed by atoms with Crippen LogP contribution in [0.25, 0.3) is 23.3 Å². The molecule has 0 aromatic heterocycles. The molecule has 1 aliphatic rings. The Morgan fingerprint density at radius 2 is 1.03 bits per heavy atom. The lowest BCUT2D eigenvalue weighted by Crippen LogP contribution is -2.16. The highest BCUT2D eigenvalue weighted by Gasteiger charge is 2.36. The topological polar surface area (TPSA) is 3.24 Å². The molecule has 5 aromatic carbocycles. The van der Waals surface area contributed by atoms with Crippen molar-refractivity contribution in [3.8, 4) is 11.1 Å². The molecule has 0 heterocycles. The van der Waals surface area contributed by atoms with Gasteiger partial charge in [-0.15, -0.1) is 0 Å². The van der Waals surface area contributed by atoms with Crippen molar-refractivity contribution < 1.29 is 0 Å². The van der Waals surface area contributed by atoms with E-state index >= 15 is 0 Å². The Morgan fingerprint density at radius 3 is 1.65 bits per heavy atom. The standard InChI is InChI=1S/C36H31N/c1-26-14-16-27(17-15-26)18-19-28-20-22-32-33-23-21-31(25-35(33)36(2,3)34(32)24-28)37(29-10-6-4-7-11-29)30-12-8-5-9-13-30/h4-25H,1-3H3/b19-18+. The summed E-state index contributed by atoms with van der Waals surface area (Å²) in [5, 5.41) is 0. The maximum absolute atomic E-state index is 2.39. The van der Waals surface area contributed by atoms with Crippen LogP contribution in [0.15, 0.2) is 121 Å². The van der Waals surface area contributed by atoms with E-state index in [0.717, 1.165) is 11.4 Å². The van der Waals surface area contributed by atoms with E-state index in [1.807, 2.05) is 0 Å². The van der Waals surface area contributed by atoms with Gasteiger partial charge in [-0.1, -0.05) is 116 Å². The number of anilines is 3. The normalized spacial score (nSPS) is 13.4. The summed E-state index contributed by atoms with van der Waals surface area (Å²) in [5.41, 5.74) is 12.6. The Morgan fingerprint density at radius 1 is 0.514 bits per heavy atom. The molecular formula is C36H31N. The number of hydrogen-bond acceptors (Lipinski definition) is 1. The van der Waals surface area contributed by atoms with Gasteiger partial charge in [0.2, 0.25) is 0 Å². The molecule has 0 fully saturated rings. The first-order valence-electron chi connectivity index (χ1n) is 13.0. The number of rotatable bonds is 5. The average molecular weight is 478 g/mol. The Kier molecular flexibility index (Phi) is 5.77. The molecule has 0 radical (unpaired) electrons. The van der Waals surface area contributed by atoms with Crippen molar-refractivity contribution >= 4 is 29.2 Å². The summed E-state index contributed by atoms with van der Waals surface area (Å²) in [6.45, 7) is 6.83. The van der Waals surface area contributed by atoms with Crippen molar-refractivity contribution in [3.63, 3.8) is 0 Å². The maximum Gasteiger partial charge on any atom is 0.0465 e. The Labute approximate surface area is 220 Å². The van der Waals surface area contributed by atoms with Gasteiger partial charge in [-0.05, 0) is 76.7 Å². The van der Waals surface area contributed by atoms with Gasteiger partial charge in [0.1, 0.15) is 0 Å². The Balaban J connectivity index is 1.39. The van der Waals surface area contributed by atoms with E-state index in [-0.39, 0.29) is 5.41 Å². The van der Waals surface area contributed by atoms with Gasteiger partial charge in [0.15, 0.2) is 0 Å². The fourth-order valence-electron chi connectivity index (χ4n) is 5.46. The molecule has 0 N–H and O–H groups in total. The molecule has 0 atom stereocenters. The first-order valence-corrected chi connectivity index (χ1v) is 13.0. The zero-order valence-corrected chi connectivity index (χ0v) is 21.6. The summed E-state index contributed by atoms with van der Waals surface area (Å²) in [4.78, 5) is 2.34. The van der Waals surface area contributed by atoms with Gasteiger partial charge in [-0.3, -0.25) is 0 Å². The molecule has 0 saturated heterocycles. The number of aryl methyl sites for hydroxylation is 1. The maximum atomic E-state index is 2.39. The van der Waals surface area contributed by atoms with Crippen LogP contribution in [0.3, 0.4) is 0 Å². The SMILES string of the molecule is Cc1ccc(/C=C/c2ccc3c(c2)C(C)(C)c2cc(N(c4ccccc4)c4ccccc4)ccc2-3)cc1. The zero-order valence-electron chi connectivity index (χ0n) is 21.6. The molecular weight excluding hydrogens is 446 g/mol. The van der Waals surface area contributed by atoms with Crippen LogP contribution in [0.5, 0.6) is 0 Å². The quantitative estimate of drug-likeness (QED) is 0.228. The molecule has 1 aliphatic carbocycles. The molecule has 1 heteroatoms. The third-order valence-electron chi connectivity index (χ3n) is 7.52. The number of para-hydroxylation sites is 2. The minimum atomic E-state index is -0.0898. The molecule has 37 heavy (non-hydrogen) atoms. The highest BCUT2D eigenvalue weighted by molar-refractivity contribution is 5.86. The van der Waals surface area contributed by atoms with E-state index in [9.17, 15) is 0 Å². The molecule has 180 valence electrons. The molecule has 0 bridgehead atoms. The van der Waals surface area contributed by atoms with Crippen molar-refractivity contribution in [2.45, 2.75) is 26.2 Å². The van der Waals surface area contributed by atoms with Crippen molar-refractivity contribution in [1.29, 1.82) is 0 Å². The summed E-state index contributed by atoms with van der Waals surface area (Å²) in [5.74, 6) is 0. The fraction of sp³-hybridized carbons (Fsp3) is 0.111. The lowest BCUT2D eigenvalue weighted by molar-refractivity contribution is 0.660. The number of hydrogen-bond donors (Lipinski definition) is 0.